The SMILES string of the molecule is CC12CC3CC(C)(C1)CC(NC(=O)c1cccnc1)(C3)C2.O=C(O)CC(O)(CC(=O)O)C(=O)O. The van der Waals surface area contributed by atoms with Crippen LogP contribution in [0.4, 0.5) is 0 Å². The summed E-state index contributed by atoms with van der Waals surface area (Å²) in [6.45, 7) is 4.86. The zero-order chi connectivity index (χ0) is 25.4. The van der Waals surface area contributed by atoms with Gasteiger partial charge in [0.15, 0.2) is 5.60 Å². The Kier molecular flexibility index (Phi) is 6.76. The number of carbonyl (C=O) groups excluding carboxylic acids is 1. The van der Waals surface area contributed by atoms with E-state index in [4.69, 9.17) is 20.4 Å². The summed E-state index contributed by atoms with van der Waals surface area (Å²) in [5.41, 5.74) is -1.18. The van der Waals surface area contributed by atoms with Crippen LogP contribution in [0.2, 0.25) is 0 Å². The lowest BCUT2D eigenvalue weighted by atomic mass is 9.43. The minimum Gasteiger partial charge on any atom is -0.481 e. The molecule has 0 aromatic carbocycles. The molecule has 0 saturated heterocycles. The maximum absolute atomic E-state index is 12.6. The second kappa shape index (κ2) is 8.98. The highest BCUT2D eigenvalue weighted by atomic mass is 16.4. The average molecular weight is 477 g/mol. The van der Waals surface area contributed by atoms with Gasteiger partial charge in [0.25, 0.3) is 5.91 Å². The minimum atomic E-state index is -2.74. The Morgan fingerprint density at radius 3 is 1.97 bits per heavy atom. The molecular formula is C24H32N2O8. The standard InChI is InChI=1S/C18H24N2O.C6H8O7/c1-16-6-13-7-17(2,10-16)12-18(8-13,11-16)20-15(21)14-4-3-5-19-9-14;7-3(8)1-6(13,5(11)12)2-4(9)10/h3-5,9,13H,6-8,10-12H2,1-2H3,(H,20,21);13H,1-2H2,(H,7,8)(H,9,10)(H,11,12). The first-order valence-corrected chi connectivity index (χ1v) is 11.3. The highest BCUT2D eigenvalue weighted by Crippen LogP contribution is 2.66. The molecule has 2 unspecified atom stereocenters. The average Bonchev–Trinajstić information content (AvgIpc) is 2.64. The van der Waals surface area contributed by atoms with Gasteiger partial charge in [-0.25, -0.2) is 4.79 Å². The molecule has 4 aliphatic rings. The number of aliphatic hydroxyl groups is 1. The number of amides is 1. The van der Waals surface area contributed by atoms with E-state index in [2.05, 4.69) is 24.1 Å². The number of nitrogens with one attached hydrogen (secondary N) is 1. The first kappa shape index (κ1) is 25.6. The summed E-state index contributed by atoms with van der Waals surface area (Å²) < 4.78 is 0. The number of carboxylic acid groups (broad SMARTS) is 3. The Bertz CT molecular complexity index is 944. The molecule has 4 aliphatic carbocycles. The van der Waals surface area contributed by atoms with Gasteiger partial charge in [-0.1, -0.05) is 13.8 Å². The summed E-state index contributed by atoms with van der Waals surface area (Å²) in [6, 6.07) is 3.68. The largest absolute Gasteiger partial charge is 0.481 e. The van der Waals surface area contributed by atoms with Crippen molar-refractivity contribution in [2.75, 3.05) is 0 Å². The van der Waals surface area contributed by atoms with Gasteiger partial charge in [0.05, 0.1) is 18.4 Å². The minimum absolute atomic E-state index is 0.0237. The summed E-state index contributed by atoms with van der Waals surface area (Å²) in [5, 5.41) is 37.2. The smallest absolute Gasteiger partial charge is 0.336 e. The molecule has 1 aromatic heterocycles. The molecule has 10 heteroatoms. The molecule has 0 spiro atoms. The zero-order valence-electron chi connectivity index (χ0n) is 19.4. The van der Waals surface area contributed by atoms with Gasteiger partial charge < -0.3 is 25.7 Å². The molecule has 4 saturated carbocycles. The lowest BCUT2D eigenvalue weighted by molar-refractivity contribution is -0.170. The van der Waals surface area contributed by atoms with Crippen LogP contribution >= 0.6 is 0 Å². The fourth-order valence-electron chi connectivity index (χ4n) is 7.11. The molecule has 1 amide bonds. The fourth-order valence-corrected chi connectivity index (χ4v) is 7.11. The summed E-state index contributed by atoms with van der Waals surface area (Å²) in [6.07, 6.45) is 8.60. The zero-order valence-corrected chi connectivity index (χ0v) is 19.4. The van der Waals surface area contributed by atoms with E-state index >= 15 is 0 Å². The van der Waals surface area contributed by atoms with Crippen molar-refractivity contribution in [1.29, 1.82) is 0 Å². The maximum atomic E-state index is 12.6. The molecule has 0 aliphatic heterocycles. The summed E-state index contributed by atoms with van der Waals surface area (Å²) in [5.74, 6) is -4.17. The molecule has 4 bridgehead atoms. The van der Waals surface area contributed by atoms with Crippen molar-refractivity contribution in [3.8, 4) is 0 Å². The molecular weight excluding hydrogens is 444 g/mol. The van der Waals surface area contributed by atoms with Crippen LogP contribution in [-0.2, 0) is 14.4 Å². The number of aliphatic carboxylic acids is 3. The van der Waals surface area contributed by atoms with Crippen LogP contribution in [0.5, 0.6) is 0 Å². The number of aromatic nitrogens is 1. The van der Waals surface area contributed by atoms with E-state index in [1.807, 2.05) is 12.1 Å². The predicted octanol–water partition coefficient (Wildman–Crippen LogP) is 2.31. The van der Waals surface area contributed by atoms with E-state index in [1.165, 1.54) is 25.7 Å². The molecule has 34 heavy (non-hydrogen) atoms. The summed E-state index contributed by atoms with van der Waals surface area (Å²) in [7, 11) is 0. The molecule has 10 nitrogen and oxygen atoms in total. The van der Waals surface area contributed by atoms with Crippen LogP contribution in [0.25, 0.3) is 0 Å². The Morgan fingerprint density at radius 2 is 1.56 bits per heavy atom. The first-order chi connectivity index (χ1) is 15.7. The second-order valence-electron chi connectivity index (χ2n) is 11.1. The van der Waals surface area contributed by atoms with E-state index in [0.717, 1.165) is 18.8 Å². The normalized spacial score (nSPS) is 31.2. The van der Waals surface area contributed by atoms with Crippen molar-refractivity contribution in [3.63, 3.8) is 0 Å². The van der Waals surface area contributed by atoms with Gasteiger partial charge in [0, 0.05) is 17.9 Å². The maximum Gasteiger partial charge on any atom is 0.336 e. The lowest BCUT2D eigenvalue weighted by Gasteiger charge is -2.65. The lowest BCUT2D eigenvalue weighted by Crippen LogP contribution is -2.65. The third-order valence-electron chi connectivity index (χ3n) is 7.21. The van der Waals surface area contributed by atoms with Crippen LogP contribution in [0.1, 0.15) is 75.6 Å². The van der Waals surface area contributed by atoms with Crippen molar-refractivity contribution in [2.24, 2.45) is 16.7 Å². The monoisotopic (exact) mass is 476 g/mol. The Balaban J connectivity index is 0.000000218. The van der Waals surface area contributed by atoms with Gasteiger partial charge in [-0.3, -0.25) is 19.4 Å². The number of rotatable bonds is 7. The highest BCUT2D eigenvalue weighted by Gasteiger charge is 2.60. The molecule has 5 N–H and O–H groups in total. The van der Waals surface area contributed by atoms with Gasteiger partial charge in [-0.2, -0.15) is 0 Å². The number of hydrogen-bond donors (Lipinski definition) is 5. The molecule has 186 valence electrons. The van der Waals surface area contributed by atoms with Crippen LogP contribution in [-0.4, -0.2) is 60.4 Å². The molecule has 1 aromatic rings. The number of pyridine rings is 1. The predicted molar refractivity (Wildman–Crippen MR) is 119 cm³/mol. The van der Waals surface area contributed by atoms with Crippen LogP contribution in [0, 0.1) is 16.7 Å². The summed E-state index contributed by atoms with van der Waals surface area (Å²) in [4.78, 5) is 47.1. The van der Waals surface area contributed by atoms with E-state index < -0.39 is 36.4 Å². The van der Waals surface area contributed by atoms with E-state index in [1.54, 1.807) is 12.4 Å². The quantitative estimate of drug-likeness (QED) is 0.395. The Morgan fingerprint density at radius 1 is 1.00 bits per heavy atom. The second-order valence-corrected chi connectivity index (χ2v) is 11.1. The third-order valence-corrected chi connectivity index (χ3v) is 7.21. The topological polar surface area (TPSA) is 174 Å². The van der Waals surface area contributed by atoms with Gasteiger partial charge >= 0.3 is 17.9 Å². The van der Waals surface area contributed by atoms with E-state index in [0.29, 0.717) is 16.4 Å². The highest BCUT2D eigenvalue weighted by molar-refractivity contribution is 5.94. The Hall–Kier alpha value is -3.01. The van der Waals surface area contributed by atoms with Crippen LogP contribution < -0.4 is 5.32 Å². The molecule has 0 radical (unpaired) electrons. The first-order valence-electron chi connectivity index (χ1n) is 11.3. The van der Waals surface area contributed by atoms with Gasteiger partial charge in [0.2, 0.25) is 0 Å². The number of nitrogens with zero attached hydrogens (tertiary/aromatic N) is 1. The van der Waals surface area contributed by atoms with Gasteiger partial charge in [-0.15, -0.1) is 0 Å². The van der Waals surface area contributed by atoms with E-state index in [-0.39, 0.29) is 11.4 Å². The summed E-state index contributed by atoms with van der Waals surface area (Å²) >= 11 is 0. The fraction of sp³-hybridized carbons (Fsp3) is 0.625. The molecule has 1 heterocycles. The van der Waals surface area contributed by atoms with Crippen LogP contribution in [0.3, 0.4) is 0 Å². The molecule has 2 atom stereocenters. The molecule has 5 rings (SSSR count). The van der Waals surface area contributed by atoms with Crippen molar-refractivity contribution < 1.29 is 39.6 Å². The molecule has 4 fully saturated rings. The number of hydrogen-bond acceptors (Lipinski definition) is 6. The van der Waals surface area contributed by atoms with Crippen molar-refractivity contribution >= 4 is 23.8 Å². The third kappa shape index (κ3) is 5.72. The van der Waals surface area contributed by atoms with Gasteiger partial charge in [0.1, 0.15) is 0 Å². The van der Waals surface area contributed by atoms with Crippen molar-refractivity contribution in [2.45, 2.75) is 76.4 Å². The van der Waals surface area contributed by atoms with E-state index in [9.17, 15) is 19.2 Å². The number of carbonyl (C=O) groups is 4. The Labute approximate surface area is 197 Å². The van der Waals surface area contributed by atoms with Crippen molar-refractivity contribution in [3.05, 3.63) is 30.1 Å². The van der Waals surface area contributed by atoms with Gasteiger partial charge in [-0.05, 0) is 67.4 Å². The van der Waals surface area contributed by atoms with Crippen LogP contribution in [0.15, 0.2) is 24.5 Å². The van der Waals surface area contributed by atoms with Crippen molar-refractivity contribution in [1.82, 2.24) is 10.3 Å². The number of carboxylic acids is 3.